The first-order valence-corrected chi connectivity index (χ1v) is 12.8. The first-order valence-electron chi connectivity index (χ1n) is 11.2. The molecule has 0 saturated carbocycles. The molecule has 0 amide bonds. The zero-order chi connectivity index (χ0) is 26.5. The van der Waals surface area contributed by atoms with Gasteiger partial charge in [-0.05, 0) is 18.6 Å². The second-order valence-electron chi connectivity index (χ2n) is 8.00. The molecule has 3 aromatic rings. The van der Waals surface area contributed by atoms with E-state index in [1.54, 1.807) is 18.2 Å². The van der Waals surface area contributed by atoms with Crippen LogP contribution in [0.4, 0.5) is 10.1 Å². The van der Waals surface area contributed by atoms with Crippen molar-refractivity contribution in [2.45, 2.75) is 39.0 Å². The fourth-order valence-corrected chi connectivity index (χ4v) is 4.72. The summed E-state index contributed by atoms with van der Waals surface area (Å²) in [7, 11) is -1.31. The smallest absolute Gasteiger partial charge is 0.286 e. The van der Waals surface area contributed by atoms with Crippen molar-refractivity contribution in [1.82, 2.24) is 19.5 Å². The van der Waals surface area contributed by atoms with Gasteiger partial charge in [0.2, 0.25) is 15.9 Å². The number of ether oxygens (including phenoxy) is 2. The molecule has 11 nitrogen and oxygen atoms in total. The molecule has 0 aliphatic carbocycles. The van der Waals surface area contributed by atoms with Gasteiger partial charge in [-0.25, -0.2) is 22.8 Å². The lowest BCUT2D eigenvalue weighted by molar-refractivity contribution is 0.387. The second-order valence-corrected chi connectivity index (χ2v) is 9.84. The van der Waals surface area contributed by atoms with E-state index in [2.05, 4.69) is 19.7 Å². The summed E-state index contributed by atoms with van der Waals surface area (Å²) in [4.78, 5) is 25.4. The number of methoxy groups -OCH3 is 2. The zero-order valence-electron chi connectivity index (χ0n) is 20.4. The standard InChI is InChI=1S/C23H28FN5O6S/c1-5-7-14(2)21-27-22(30)19(28-36(32,33)11-10-18-25-12-15(24)13-26-18)23(31)29(21)20-16(34-3)8-6-9-17(20)35-4/h6,8-9,12-14,28,30H,5,7,10-11H2,1-4H3/t14-/m0/s1. The van der Waals surface area contributed by atoms with Gasteiger partial charge in [0.15, 0.2) is 11.5 Å². The van der Waals surface area contributed by atoms with Gasteiger partial charge in [0, 0.05) is 12.3 Å². The van der Waals surface area contributed by atoms with E-state index in [1.807, 2.05) is 13.8 Å². The molecule has 0 unspecified atom stereocenters. The predicted molar refractivity (Wildman–Crippen MR) is 131 cm³/mol. The molecule has 0 radical (unpaired) electrons. The van der Waals surface area contributed by atoms with Crippen LogP contribution in [0.2, 0.25) is 0 Å². The van der Waals surface area contributed by atoms with Crippen molar-refractivity contribution in [2.24, 2.45) is 0 Å². The molecule has 194 valence electrons. The van der Waals surface area contributed by atoms with Gasteiger partial charge in [-0.1, -0.05) is 26.3 Å². The Bertz CT molecular complexity index is 1360. The molecule has 2 aromatic heterocycles. The lowest BCUT2D eigenvalue weighted by atomic mass is 10.0. The maximum absolute atomic E-state index is 13.7. The van der Waals surface area contributed by atoms with E-state index >= 15 is 0 Å². The molecular formula is C23H28FN5O6S. The summed E-state index contributed by atoms with van der Waals surface area (Å²) >= 11 is 0. The number of benzene rings is 1. The van der Waals surface area contributed by atoms with Crippen molar-refractivity contribution in [1.29, 1.82) is 0 Å². The molecular weight excluding hydrogens is 493 g/mol. The van der Waals surface area contributed by atoms with E-state index in [9.17, 15) is 22.7 Å². The number of hydrogen-bond donors (Lipinski definition) is 2. The van der Waals surface area contributed by atoms with Crippen molar-refractivity contribution in [2.75, 3.05) is 24.7 Å². The van der Waals surface area contributed by atoms with E-state index in [1.165, 1.54) is 18.8 Å². The summed E-state index contributed by atoms with van der Waals surface area (Å²) in [6.45, 7) is 3.81. The number of aromatic hydroxyl groups is 1. The van der Waals surface area contributed by atoms with Crippen LogP contribution in [0.15, 0.2) is 35.4 Å². The van der Waals surface area contributed by atoms with E-state index in [0.717, 1.165) is 18.8 Å². The molecule has 1 atom stereocenters. The average molecular weight is 522 g/mol. The fourth-order valence-electron chi connectivity index (χ4n) is 3.68. The Kier molecular flexibility index (Phi) is 8.45. The number of hydrogen-bond acceptors (Lipinski definition) is 9. The lowest BCUT2D eigenvalue weighted by Gasteiger charge is -2.22. The highest BCUT2D eigenvalue weighted by Gasteiger charge is 2.27. The van der Waals surface area contributed by atoms with Crippen LogP contribution in [0, 0.1) is 5.82 Å². The number of rotatable bonds is 11. The Morgan fingerprint density at radius 2 is 1.78 bits per heavy atom. The summed E-state index contributed by atoms with van der Waals surface area (Å²) in [6, 6.07) is 4.92. The molecule has 3 rings (SSSR count). The number of anilines is 1. The van der Waals surface area contributed by atoms with Gasteiger partial charge in [-0.15, -0.1) is 0 Å². The monoisotopic (exact) mass is 521 g/mol. The number of sulfonamides is 1. The number of halogens is 1. The molecule has 36 heavy (non-hydrogen) atoms. The molecule has 0 spiro atoms. The molecule has 2 heterocycles. The summed E-state index contributed by atoms with van der Waals surface area (Å²) in [6.07, 6.45) is 3.12. The predicted octanol–water partition coefficient (Wildman–Crippen LogP) is 2.77. The van der Waals surface area contributed by atoms with Gasteiger partial charge >= 0.3 is 0 Å². The van der Waals surface area contributed by atoms with Crippen molar-refractivity contribution in [3.63, 3.8) is 0 Å². The summed E-state index contributed by atoms with van der Waals surface area (Å²) in [5, 5.41) is 10.6. The van der Waals surface area contributed by atoms with E-state index in [0.29, 0.717) is 6.42 Å². The summed E-state index contributed by atoms with van der Waals surface area (Å²) < 4.78 is 52.8. The van der Waals surface area contributed by atoms with Gasteiger partial charge < -0.3 is 14.6 Å². The van der Waals surface area contributed by atoms with Crippen LogP contribution in [0.25, 0.3) is 5.69 Å². The van der Waals surface area contributed by atoms with Crippen LogP contribution in [-0.2, 0) is 16.4 Å². The number of para-hydroxylation sites is 1. The van der Waals surface area contributed by atoms with Crippen LogP contribution in [0.1, 0.15) is 44.3 Å². The van der Waals surface area contributed by atoms with Gasteiger partial charge in [-0.3, -0.25) is 14.1 Å². The normalized spacial score (nSPS) is 12.2. The first kappa shape index (κ1) is 26.9. The zero-order valence-corrected chi connectivity index (χ0v) is 21.2. The largest absolute Gasteiger partial charge is 0.494 e. The van der Waals surface area contributed by atoms with E-state index in [4.69, 9.17) is 9.47 Å². The van der Waals surface area contributed by atoms with E-state index < -0.39 is 38.7 Å². The Balaban J connectivity index is 2.12. The van der Waals surface area contributed by atoms with Crippen LogP contribution in [-0.4, -0.2) is 53.0 Å². The molecule has 0 saturated heterocycles. The SMILES string of the molecule is CCC[C@H](C)c1nc(O)c(NS(=O)(=O)CCc2ncc(F)cn2)c(=O)n1-c1c(OC)cccc1OC. The fraction of sp³-hybridized carbons (Fsp3) is 0.391. The number of nitrogens with one attached hydrogen (secondary N) is 1. The van der Waals surface area contributed by atoms with Gasteiger partial charge in [0.05, 0.1) is 32.4 Å². The molecule has 0 aliphatic rings. The van der Waals surface area contributed by atoms with Crippen LogP contribution >= 0.6 is 0 Å². The second kappa shape index (κ2) is 11.3. The number of aromatic nitrogens is 4. The summed E-state index contributed by atoms with van der Waals surface area (Å²) in [5.41, 5.74) is -1.27. The van der Waals surface area contributed by atoms with Crippen molar-refractivity contribution >= 4 is 15.7 Å². The van der Waals surface area contributed by atoms with Gasteiger partial charge in [-0.2, -0.15) is 4.98 Å². The van der Waals surface area contributed by atoms with Gasteiger partial charge in [0.1, 0.15) is 28.8 Å². The lowest BCUT2D eigenvalue weighted by Crippen LogP contribution is -2.31. The third-order valence-corrected chi connectivity index (χ3v) is 6.66. The maximum atomic E-state index is 13.7. The molecule has 0 bridgehead atoms. The Labute approximate surface area is 208 Å². The van der Waals surface area contributed by atoms with Crippen LogP contribution in [0.3, 0.4) is 0 Å². The molecule has 2 N–H and O–H groups in total. The molecule has 0 fully saturated rings. The summed E-state index contributed by atoms with van der Waals surface area (Å²) in [5.74, 6) is -1.32. The third-order valence-electron chi connectivity index (χ3n) is 5.40. The van der Waals surface area contributed by atoms with Gasteiger partial charge in [0.25, 0.3) is 5.56 Å². The van der Waals surface area contributed by atoms with Crippen LogP contribution in [0.5, 0.6) is 17.4 Å². The minimum Gasteiger partial charge on any atom is -0.494 e. The molecule has 13 heteroatoms. The van der Waals surface area contributed by atoms with Crippen LogP contribution < -0.4 is 19.8 Å². The van der Waals surface area contributed by atoms with Crippen molar-refractivity contribution in [3.05, 3.63) is 58.4 Å². The van der Waals surface area contributed by atoms with Crippen molar-refractivity contribution < 1.29 is 27.4 Å². The maximum Gasteiger partial charge on any atom is 0.286 e. The Morgan fingerprint density at radius 3 is 2.33 bits per heavy atom. The van der Waals surface area contributed by atoms with Crippen molar-refractivity contribution in [3.8, 4) is 23.1 Å². The quantitative estimate of drug-likeness (QED) is 0.389. The average Bonchev–Trinajstić information content (AvgIpc) is 2.85. The topological polar surface area (TPSA) is 146 Å². The van der Waals surface area contributed by atoms with E-state index in [-0.39, 0.29) is 41.2 Å². The minimum atomic E-state index is -4.16. The minimum absolute atomic E-state index is 0.101. The number of nitrogens with zero attached hydrogens (tertiary/aromatic N) is 4. The highest BCUT2D eigenvalue weighted by molar-refractivity contribution is 7.92. The first-order chi connectivity index (χ1) is 17.1. The number of aryl methyl sites for hydroxylation is 1. The third kappa shape index (κ3) is 5.90. The molecule has 1 aromatic carbocycles. The molecule has 0 aliphatic heterocycles. The highest BCUT2D eigenvalue weighted by Crippen LogP contribution is 2.35. The Hall–Kier alpha value is -3.74. The Morgan fingerprint density at radius 1 is 1.17 bits per heavy atom. The highest BCUT2D eigenvalue weighted by atomic mass is 32.2.